The summed E-state index contributed by atoms with van der Waals surface area (Å²) in [6.07, 6.45) is 7.79. The van der Waals surface area contributed by atoms with Crippen LogP contribution in [-0.4, -0.2) is 64.4 Å². The molecule has 2 saturated heterocycles. The van der Waals surface area contributed by atoms with Crippen LogP contribution in [0.25, 0.3) is 0 Å². The molecule has 23 heavy (non-hydrogen) atoms. The van der Waals surface area contributed by atoms with Crippen LogP contribution in [0.3, 0.4) is 0 Å². The van der Waals surface area contributed by atoms with E-state index in [0.29, 0.717) is 0 Å². The molecule has 0 saturated carbocycles. The monoisotopic (exact) mass is 312 g/mol. The normalized spacial score (nSPS) is 18.5. The van der Waals surface area contributed by atoms with E-state index in [1.165, 1.54) is 12.8 Å². The minimum atomic E-state index is 0.725. The van der Waals surface area contributed by atoms with E-state index in [-0.39, 0.29) is 0 Å². The molecule has 0 bridgehead atoms. The largest absolute Gasteiger partial charge is 0.355 e. The first-order chi connectivity index (χ1) is 11.4. The fourth-order valence-electron chi connectivity index (χ4n) is 3.08. The van der Waals surface area contributed by atoms with E-state index < -0.39 is 0 Å². The molecule has 0 N–H and O–H groups in total. The Kier molecular flexibility index (Phi) is 3.87. The summed E-state index contributed by atoms with van der Waals surface area (Å²) in [6.45, 7) is 5.56. The highest BCUT2D eigenvalue weighted by atomic mass is 15.4. The molecular weight excluding hydrogens is 292 g/mol. The van der Waals surface area contributed by atoms with Gasteiger partial charge in [0, 0.05) is 51.7 Å². The standard InChI is InChI=1S/C15H20N8/c1-2-7-21(6-1)13-12-18-20-15(19-13)23-10-8-22(9-11-23)14-16-4-3-5-17-14/h3-5,12H,1-2,6-11H2. The SMILES string of the molecule is c1cnc(N2CCN(c3nncc(N4CCCC4)n3)CC2)nc1. The maximum Gasteiger partial charge on any atom is 0.247 e. The maximum absolute atomic E-state index is 4.70. The molecule has 0 aliphatic carbocycles. The van der Waals surface area contributed by atoms with Gasteiger partial charge in [0.05, 0.1) is 6.20 Å². The Labute approximate surface area is 135 Å². The van der Waals surface area contributed by atoms with E-state index in [9.17, 15) is 0 Å². The molecule has 8 heteroatoms. The van der Waals surface area contributed by atoms with Gasteiger partial charge in [-0.25, -0.2) is 9.97 Å². The minimum Gasteiger partial charge on any atom is -0.355 e. The highest BCUT2D eigenvalue weighted by Crippen LogP contribution is 2.20. The third-order valence-electron chi connectivity index (χ3n) is 4.36. The van der Waals surface area contributed by atoms with Crippen LogP contribution in [0.4, 0.5) is 17.7 Å². The molecule has 4 heterocycles. The van der Waals surface area contributed by atoms with E-state index in [1.807, 2.05) is 6.07 Å². The first-order valence-corrected chi connectivity index (χ1v) is 8.12. The Hall–Kier alpha value is -2.51. The van der Waals surface area contributed by atoms with Crippen molar-refractivity contribution in [3.8, 4) is 0 Å². The van der Waals surface area contributed by atoms with Crippen molar-refractivity contribution >= 4 is 17.7 Å². The fraction of sp³-hybridized carbons (Fsp3) is 0.533. The molecule has 2 fully saturated rings. The van der Waals surface area contributed by atoms with Crippen molar-refractivity contribution in [1.82, 2.24) is 25.1 Å². The van der Waals surface area contributed by atoms with Gasteiger partial charge in [-0.05, 0) is 18.9 Å². The zero-order valence-electron chi connectivity index (χ0n) is 13.0. The third-order valence-corrected chi connectivity index (χ3v) is 4.36. The third kappa shape index (κ3) is 3.01. The van der Waals surface area contributed by atoms with Gasteiger partial charge in [-0.1, -0.05) is 0 Å². The number of aromatic nitrogens is 5. The van der Waals surface area contributed by atoms with Crippen molar-refractivity contribution in [3.63, 3.8) is 0 Å². The van der Waals surface area contributed by atoms with Crippen molar-refractivity contribution in [1.29, 1.82) is 0 Å². The summed E-state index contributed by atoms with van der Waals surface area (Å²) in [4.78, 5) is 20.0. The molecule has 2 aliphatic rings. The molecule has 0 unspecified atom stereocenters. The van der Waals surface area contributed by atoms with Crippen LogP contribution in [-0.2, 0) is 0 Å². The van der Waals surface area contributed by atoms with Crippen LogP contribution in [0.5, 0.6) is 0 Å². The van der Waals surface area contributed by atoms with Crippen molar-refractivity contribution in [3.05, 3.63) is 24.7 Å². The molecule has 0 atom stereocenters. The molecule has 0 spiro atoms. The van der Waals surface area contributed by atoms with Crippen LogP contribution >= 0.6 is 0 Å². The van der Waals surface area contributed by atoms with Crippen molar-refractivity contribution in [2.24, 2.45) is 0 Å². The first kappa shape index (κ1) is 14.1. The lowest BCUT2D eigenvalue weighted by molar-refractivity contribution is 0.623. The second-order valence-electron chi connectivity index (χ2n) is 5.83. The van der Waals surface area contributed by atoms with E-state index in [0.717, 1.165) is 57.0 Å². The van der Waals surface area contributed by atoms with Gasteiger partial charge in [0.1, 0.15) is 0 Å². The zero-order chi connectivity index (χ0) is 15.5. The van der Waals surface area contributed by atoms with E-state index >= 15 is 0 Å². The molecule has 0 aromatic carbocycles. The van der Waals surface area contributed by atoms with Gasteiger partial charge in [-0.3, -0.25) is 0 Å². The average molecular weight is 312 g/mol. The zero-order valence-corrected chi connectivity index (χ0v) is 13.0. The molecule has 8 nitrogen and oxygen atoms in total. The van der Waals surface area contributed by atoms with Gasteiger partial charge < -0.3 is 14.7 Å². The lowest BCUT2D eigenvalue weighted by Gasteiger charge is -2.34. The Balaban J connectivity index is 1.43. The smallest absolute Gasteiger partial charge is 0.247 e. The number of nitrogens with zero attached hydrogens (tertiary/aromatic N) is 8. The van der Waals surface area contributed by atoms with E-state index in [4.69, 9.17) is 4.98 Å². The van der Waals surface area contributed by atoms with Gasteiger partial charge in [0.2, 0.25) is 11.9 Å². The second kappa shape index (κ2) is 6.31. The van der Waals surface area contributed by atoms with Gasteiger partial charge >= 0.3 is 0 Å². The van der Waals surface area contributed by atoms with Gasteiger partial charge in [0.25, 0.3) is 0 Å². The quantitative estimate of drug-likeness (QED) is 0.815. The van der Waals surface area contributed by atoms with Gasteiger partial charge in [-0.2, -0.15) is 10.1 Å². The number of hydrogen-bond acceptors (Lipinski definition) is 8. The van der Waals surface area contributed by atoms with Crippen molar-refractivity contribution < 1.29 is 0 Å². The van der Waals surface area contributed by atoms with Gasteiger partial charge in [-0.15, -0.1) is 5.10 Å². The van der Waals surface area contributed by atoms with E-state index in [1.54, 1.807) is 18.6 Å². The summed E-state index contributed by atoms with van der Waals surface area (Å²) in [5.41, 5.74) is 0. The fourth-order valence-corrected chi connectivity index (χ4v) is 3.08. The molecule has 0 amide bonds. The molecule has 2 aromatic rings. The molecule has 2 aromatic heterocycles. The average Bonchev–Trinajstić information content (AvgIpc) is 3.18. The molecule has 0 radical (unpaired) electrons. The Morgan fingerprint density at radius 3 is 2.09 bits per heavy atom. The van der Waals surface area contributed by atoms with E-state index in [2.05, 4.69) is 34.9 Å². The Morgan fingerprint density at radius 2 is 1.39 bits per heavy atom. The Morgan fingerprint density at radius 1 is 0.739 bits per heavy atom. The van der Waals surface area contributed by atoms with Crippen LogP contribution in [0.2, 0.25) is 0 Å². The number of hydrogen-bond donors (Lipinski definition) is 0. The second-order valence-corrected chi connectivity index (χ2v) is 5.83. The number of piperazine rings is 1. The summed E-state index contributed by atoms with van der Waals surface area (Å²) < 4.78 is 0. The van der Waals surface area contributed by atoms with Crippen molar-refractivity contribution in [2.45, 2.75) is 12.8 Å². The Bertz CT molecular complexity index is 635. The molecule has 2 aliphatic heterocycles. The summed E-state index contributed by atoms with van der Waals surface area (Å²) >= 11 is 0. The lowest BCUT2D eigenvalue weighted by atomic mass is 10.3. The molecule has 120 valence electrons. The topological polar surface area (TPSA) is 74.2 Å². The van der Waals surface area contributed by atoms with Crippen LogP contribution in [0.1, 0.15) is 12.8 Å². The minimum absolute atomic E-state index is 0.725. The maximum atomic E-state index is 4.70. The first-order valence-electron chi connectivity index (χ1n) is 8.12. The summed E-state index contributed by atoms with van der Waals surface area (Å²) in [6, 6.07) is 1.84. The predicted octanol–water partition coefficient (Wildman–Crippen LogP) is 0.588. The van der Waals surface area contributed by atoms with Crippen LogP contribution in [0, 0.1) is 0 Å². The highest BCUT2D eigenvalue weighted by molar-refractivity contribution is 5.43. The summed E-state index contributed by atoms with van der Waals surface area (Å²) in [5, 5.41) is 8.37. The number of anilines is 3. The summed E-state index contributed by atoms with van der Waals surface area (Å²) in [5.74, 6) is 2.46. The molecule has 4 rings (SSSR count). The number of rotatable bonds is 3. The molecular formula is C15H20N8. The van der Waals surface area contributed by atoms with Crippen LogP contribution < -0.4 is 14.7 Å². The lowest BCUT2D eigenvalue weighted by Crippen LogP contribution is -2.47. The van der Waals surface area contributed by atoms with Crippen molar-refractivity contribution in [2.75, 3.05) is 54.0 Å². The highest BCUT2D eigenvalue weighted by Gasteiger charge is 2.22. The summed E-state index contributed by atoms with van der Waals surface area (Å²) in [7, 11) is 0. The van der Waals surface area contributed by atoms with Gasteiger partial charge in [0.15, 0.2) is 5.82 Å². The predicted molar refractivity (Wildman–Crippen MR) is 87.7 cm³/mol. The van der Waals surface area contributed by atoms with Crippen LogP contribution in [0.15, 0.2) is 24.7 Å².